The molecule has 2 unspecified atom stereocenters. The zero-order valence-corrected chi connectivity index (χ0v) is 13.0. The Morgan fingerprint density at radius 2 is 1.79 bits per heavy atom. The molecule has 2 amide bonds. The standard InChI is InChI=1S/C14H28N2O3/c1-10(12(17)18)9-16(6)13(19)15-11(2)7-8-14(3,4)5/h10-11H,7-9H2,1-6H3,(H,15,19)(H,17,18). The van der Waals surface area contributed by atoms with Crippen molar-refractivity contribution in [2.24, 2.45) is 11.3 Å². The first kappa shape index (κ1) is 17.7. The molecule has 0 rings (SSSR count). The minimum atomic E-state index is -0.888. The van der Waals surface area contributed by atoms with Crippen LogP contribution in [0.25, 0.3) is 0 Å². The van der Waals surface area contributed by atoms with Crippen LogP contribution in [0.15, 0.2) is 0 Å². The summed E-state index contributed by atoms with van der Waals surface area (Å²) in [7, 11) is 1.62. The Labute approximate surface area is 116 Å². The van der Waals surface area contributed by atoms with E-state index in [1.807, 2.05) is 6.92 Å². The largest absolute Gasteiger partial charge is 0.481 e. The van der Waals surface area contributed by atoms with Gasteiger partial charge < -0.3 is 15.3 Å². The monoisotopic (exact) mass is 272 g/mol. The molecule has 2 N–H and O–H groups in total. The number of hydrogen-bond donors (Lipinski definition) is 2. The normalized spacial score (nSPS) is 14.6. The van der Waals surface area contributed by atoms with Crippen molar-refractivity contribution in [2.75, 3.05) is 13.6 Å². The number of nitrogens with one attached hydrogen (secondary N) is 1. The van der Waals surface area contributed by atoms with Crippen molar-refractivity contribution in [2.45, 2.75) is 53.5 Å². The molecule has 5 nitrogen and oxygen atoms in total. The van der Waals surface area contributed by atoms with Crippen LogP contribution in [0.1, 0.15) is 47.5 Å². The number of rotatable bonds is 6. The van der Waals surface area contributed by atoms with E-state index in [0.717, 1.165) is 12.8 Å². The van der Waals surface area contributed by atoms with Crippen molar-refractivity contribution in [3.63, 3.8) is 0 Å². The molecule has 0 aromatic heterocycles. The van der Waals surface area contributed by atoms with Crippen LogP contribution in [0.2, 0.25) is 0 Å². The highest BCUT2D eigenvalue weighted by Gasteiger charge is 2.19. The molecule has 0 aliphatic heterocycles. The molecule has 2 atom stereocenters. The summed E-state index contributed by atoms with van der Waals surface area (Å²) in [5.41, 5.74) is 0.253. The van der Waals surface area contributed by atoms with Gasteiger partial charge >= 0.3 is 12.0 Å². The van der Waals surface area contributed by atoms with Gasteiger partial charge in [0.25, 0.3) is 0 Å². The van der Waals surface area contributed by atoms with Gasteiger partial charge in [0.15, 0.2) is 0 Å². The van der Waals surface area contributed by atoms with E-state index >= 15 is 0 Å². The number of carbonyl (C=O) groups excluding carboxylic acids is 1. The van der Waals surface area contributed by atoms with E-state index in [1.54, 1.807) is 14.0 Å². The molecule has 0 aliphatic rings. The summed E-state index contributed by atoms with van der Waals surface area (Å²) in [4.78, 5) is 24.0. The fourth-order valence-corrected chi connectivity index (χ4v) is 1.61. The number of nitrogens with zero attached hydrogens (tertiary/aromatic N) is 1. The Kier molecular flexibility index (Phi) is 6.87. The van der Waals surface area contributed by atoms with E-state index in [-0.39, 0.29) is 24.0 Å². The van der Waals surface area contributed by atoms with Crippen molar-refractivity contribution in [3.05, 3.63) is 0 Å². The molecule has 0 aliphatic carbocycles. The van der Waals surface area contributed by atoms with Crippen molar-refractivity contribution in [3.8, 4) is 0 Å². The highest BCUT2D eigenvalue weighted by molar-refractivity contribution is 5.75. The van der Waals surface area contributed by atoms with Crippen LogP contribution in [0.3, 0.4) is 0 Å². The third kappa shape index (κ3) is 8.46. The van der Waals surface area contributed by atoms with E-state index < -0.39 is 11.9 Å². The Morgan fingerprint density at radius 3 is 2.21 bits per heavy atom. The average Bonchev–Trinajstić information content (AvgIpc) is 2.25. The Morgan fingerprint density at radius 1 is 1.26 bits per heavy atom. The molecule has 0 radical (unpaired) electrons. The first-order chi connectivity index (χ1) is 8.53. The Hall–Kier alpha value is -1.26. The second-order valence-corrected chi connectivity index (χ2v) is 6.57. The van der Waals surface area contributed by atoms with E-state index in [2.05, 4.69) is 26.1 Å². The van der Waals surface area contributed by atoms with Crippen LogP contribution in [0, 0.1) is 11.3 Å². The summed E-state index contributed by atoms with van der Waals surface area (Å²) in [5.74, 6) is -1.44. The third-order valence-corrected chi connectivity index (χ3v) is 3.01. The third-order valence-electron chi connectivity index (χ3n) is 3.01. The lowest BCUT2D eigenvalue weighted by Gasteiger charge is -2.25. The van der Waals surface area contributed by atoms with E-state index in [4.69, 9.17) is 5.11 Å². The highest BCUT2D eigenvalue weighted by Crippen LogP contribution is 2.21. The van der Waals surface area contributed by atoms with Crippen LogP contribution < -0.4 is 5.32 Å². The molecule has 0 aromatic rings. The van der Waals surface area contributed by atoms with Crippen molar-refractivity contribution in [1.29, 1.82) is 0 Å². The van der Waals surface area contributed by atoms with Crippen molar-refractivity contribution >= 4 is 12.0 Å². The number of hydrogen-bond acceptors (Lipinski definition) is 2. The quantitative estimate of drug-likeness (QED) is 0.780. The lowest BCUT2D eigenvalue weighted by atomic mass is 9.89. The highest BCUT2D eigenvalue weighted by atomic mass is 16.4. The molecule has 0 spiro atoms. The molecule has 0 saturated heterocycles. The SMILES string of the molecule is CC(CCC(C)(C)C)NC(=O)N(C)CC(C)C(=O)O. The predicted molar refractivity (Wildman–Crippen MR) is 76.1 cm³/mol. The fraction of sp³-hybridized carbons (Fsp3) is 0.857. The van der Waals surface area contributed by atoms with E-state index in [1.165, 1.54) is 4.90 Å². The maximum Gasteiger partial charge on any atom is 0.317 e. The Balaban J connectivity index is 4.11. The van der Waals surface area contributed by atoms with Gasteiger partial charge in [-0.2, -0.15) is 0 Å². The Bertz CT molecular complexity index is 310. The lowest BCUT2D eigenvalue weighted by molar-refractivity contribution is -0.141. The first-order valence-electron chi connectivity index (χ1n) is 6.77. The molecule has 0 bridgehead atoms. The van der Waals surface area contributed by atoms with Crippen LogP contribution in [0.5, 0.6) is 0 Å². The summed E-state index contributed by atoms with van der Waals surface area (Å²) >= 11 is 0. The predicted octanol–water partition coefficient (Wildman–Crippen LogP) is 2.56. The van der Waals surface area contributed by atoms with Gasteiger partial charge in [-0.25, -0.2) is 4.79 Å². The summed E-state index contributed by atoms with van der Waals surface area (Å²) < 4.78 is 0. The van der Waals surface area contributed by atoms with Crippen molar-refractivity contribution < 1.29 is 14.7 Å². The summed E-state index contributed by atoms with van der Waals surface area (Å²) in [6.07, 6.45) is 1.95. The van der Waals surface area contributed by atoms with Gasteiger partial charge in [-0.05, 0) is 25.2 Å². The van der Waals surface area contributed by atoms with Crippen LogP contribution >= 0.6 is 0 Å². The summed E-state index contributed by atoms with van der Waals surface area (Å²) in [6, 6.07) is -0.121. The maximum atomic E-state index is 11.9. The van der Waals surface area contributed by atoms with Crippen LogP contribution in [0.4, 0.5) is 4.79 Å². The minimum absolute atomic E-state index is 0.0920. The van der Waals surface area contributed by atoms with E-state index in [9.17, 15) is 9.59 Å². The second-order valence-electron chi connectivity index (χ2n) is 6.57. The van der Waals surface area contributed by atoms with Gasteiger partial charge in [0, 0.05) is 19.6 Å². The van der Waals surface area contributed by atoms with Crippen LogP contribution in [-0.4, -0.2) is 41.6 Å². The lowest BCUT2D eigenvalue weighted by Crippen LogP contribution is -2.44. The fourth-order valence-electron chi connectivity index (χ4n) is 1.61. The number of amides is 2. The molecule has 112 valence electrons. The van der Waals surface area contributed by atoms with Gasteiger partial charge in [0.05, 0.1) is 5.92 Å². The van der Waals surface area contributed by atoms with Crippen molar-refractivity contribution in [1.82, 2.24) is 10.2 Å². The number of aliphatic carboxylic acids is 1. The molecule has 19 heavy (non-hydrogen) atoms. The number of carbonyl (C=O) groups is 2. The maximum absolute atomic E-state index is 11.9. The molecular formula is C14H28N2O3. The second kappa shape index (κ2) is 7.36. The average molecular weight is 272 g/mol. The molecule has 0 aromatic carbocycles. The zero-order valence-electron chi connectivity index (χ0n) is 13.0. The molecular weight excluding hydrogens is 244 g/mol. The van der Waals surface area contributed by atoms with Gasteiger partial charge in [-0.3, -0.25) is 4.79 Å². The molecule has 0 saturated carbocycles. The topological polar surface area (TPSA) is 69.6 Å². The van der Waals surface area contributed by atoms with Gasteiger partial charge in [0.2, 0.25) is 0 Å². The number of carboxylic acid groups (broad SMARTS) is 1. The summed E-state index contributed by atoms with van der Waals surface area (Å²) in [6.45, 7) is 10.3. The summed E-state index contributed by atoms with van der Waals surface area (Å²) in [5, 5.41) is 11.7. The molecule has 0 fully saturated rings. The van der Waals surface area contributed by atoms with Gasteiger partial charge in [-0.15, -0.1) is 0 Å². The smallest absolute Gasteiger partial charge is 0.317 e. The molecule has 5 heteroatoms. The van der Waals surface area contributed by atoms with Gasteiger partial charge in [-0.1, -0.05) is 27.7 Å². The van der Waals surface area contributed by atoms with E-state index in [0.29, 0.717) is 0 Å². The number of urea groups is 1. The zero-order chi connectivity index (χ0) is 15.2. The molecule has 0 heterocycles. The number of carboxylic acids is 1. The van der Waals surface area contributed by atoms with Crippen LogP contribution in [-0.2, 0) is 4.79 Å². The first-order valence-corrected chi connectivity index (χ1v) is 6.77. The van der Waals surface area contributed by atoms with Gasteiger partial charge in [0.1, 0.15) is 0 Å². The minimum Gasteiger partial charge on any atom is -0.481 e.